The van der Waals surface area contributed by atoms with Gasteiger partial charge in [-0.2, -0.15) is 0 Å². The predicted octanol–water partition coefficient (Wildman–Crippen LogP) is 1.13. The molecule has 1 saturated carbocycles. The topological polar surface area (TPSA) is 99.4 Å². The molecule has 2 N–H and O–H groups in total. The molecule has 3 aromatic rings. The van der Waals surface area contributed by atoms with Crippen LogP contribution in [0.5, 0.6) is 11.5 Å². The molecule has 0 amide bonds. The molecule has 2 aliphatic heterocycles. The lowest BCUT2D eigenvalue weighted by Gasteiger charge is -2.25. The van der Waals surface area contributed by atoms with Gasteiger partial charge in [0.2, 0.25) is 12.6 Å². The smallest absolute Gasteiger partial charge is 0.258 e. The molecule has 9 heteroatoms. The van der Waals surface area contributed by atoms with Gasteiger partial charge in [0.05, 0.1) is 30.2 Å². The second-order valence-electron chi connectivity index (χ2n) is 8.56. The van der Waals surface area contributed by atoms with Gasteiger partial charge in [-0.05, 0) is 35.4 Å². The lowest BCUT2D eigenvalue weighted by molar-refractivity contribution is -0.914. The number of hydrogen-bond acceptors (Lipinski definition) is 6. The van der Waals surface area contributed by atoms with Crippen molar-refractivity contribution in [1.29, 1.82) is 0 Å². The number of ether oxygens (including phenoxy) is 2. The van der Waals surface area contributed by atoms with Gasteiger partial charge in [0.25, 0.3) is 5.56 Å². The zero-order chi connectivity index (χ0) is 20.1. The lowest BCUT2D eigenvalue weighted by Crippen LogP contribution is -3.10. The number of tetrazole rings is 1. The van der Waals surface area contributed by atoms with Crippen LogP contribution < -0.4 is 19.9 Å². The molecule has 9 nitrogen and oxygen atoms in total. The van der Waals surface area contributed by atoms with Crippen molar-refractivity contribution in [3.8, 4) is 11.5 Å². The van der Waals surface area contributed by atoms with Crippen molar-refractivity contribution in [2.45, 2.75) is 50.6 Å². The maximum atomic E-state index is 13.2. The Balaban J connectivity index is 1.50. The van der Waals surface area contributed by atoms with E-state index in [1.54, 1.807) is 0 Å². The number of hydrogen-bond donors (Lipinski definition) is 2. The van der Waals surface area contributed by atoms with Gasteiger partial charge in [-0.3, -0.25) is 4.79 Å². The molecule has 6 rings (SSSR count). The summed E-state index contributed by atoms with van der Waals surface area (Å²) >= 11 is 0. The van der Waals surface area contributed by atoms with Crippen molar-refractivity contribution in [3.05, 3.63) is 39.9 Å². The van der Waals surface area contributed by atoms with E-state index in [1.165, 1.54) is 17.7 Å². The number of aromatic nitrogens is 5. The van der Waals surface area contributed by atoms with Gasteiger partial charge in [-0.1, -0.05) is 12.8 Å². The molecule has 2 aromatic heterocycles. The Hall–Kier alpha value is -2.94. The van der Waals surface area contributed by atoms with Crippen LogP contribution in [0.1, 0.15) is 62.0 Å². The molecule has 3 aliphatic rings. The van der Waals surface area contributed by atoms with Gasteiger partial charge < -0.3 is 19.4 Å². The third-order valence-corrected chi connectivity index (χ3v) is 6.78. The summed E-state index contributed by atoms with van der Waals surface area (Å²) in [5.74, 6) is 2.18. The van der Waals surface area contributed by atoms with Gasteiger partial charge in [0, 0.05) is 24.3 Å². The molecular weight excluding hydrogens is 384 g/mol. The van der Waals surface area contributed by atoms with E-state index in [9.17, 15) is 4.79 Å². The predicted molar refractivity (Wildman–Crippen MR) is 108 cm³/mol. The standard InChI is InChI=1S/C21H24N6O3/c28-21-15(9-13-10-17-18(30-12-29-17)11-16(13)22-21)19(26-7-3-4-8-26)20-23-24-25-27(20)14-5-1-2-6-14/h9-11,14,19H,1-8,12H2,(H,22,28)/p+1/t19-/m0/s1. The number of quaternary nitrogens is 1. The van der Waals surface area contributed by atoms with E-state index >= 15 is 0 Å². The molecule has 0 spiro atoms. The molecule has 1 atom stereocenters. The largest absolute Gasteiger partial charge is 0.454 e. The van der Waals surface area contributed by atoms with Gasteiger partial charge in [0.15, 0.2) is 17.5 Å². The second kappa shape index (κ2) is 7.09. The van der Waals surface area contributed by atoms with Gasteiger partial charge in [-0.25, -0.2) is 4.68 Å². The summed E-state index contributed by atoms with van der Waals surface area (Å²) < 4.78 is 13.0. The zero-order valence-corrected chi connectivity index (χ0v) is 16.8. The third kappa shape index (κ3) is 2.87. The fourth-order valence-electron chi connectivity index (χ4n) is 5.29. The third-order valence-electron chi connectivity index (χ3n) is 6.78. The van der Waals surface area contributed by atoms with Gasteiger partial charge in [-0.15, -0.1) is 5.10 Å². The number of rotatable bonds is 4. The maximum absolute atomic E-state index is 13.2. The molecule has 1 aromatic carbocycles. The highest BCUT2D eigenvalue weighted by Gasteiger charge is 2.37. The fraction of sp³-hybridized carbons (Fsp3) is 0.524. The van der Waals surface area contributed by atoms with Crippen molar-refractivity contribution in [1.82, 2.24) is 25.2 Å². The number of H-pyrrole nitrogens is 1. The normalized spacial score (nSPS) is 20.4. The summed E-state index contributed by atoms with van der Waals surface area (Å²) in [5.41, 5.74) is 1.37. The number of benzene rings is 1. The van der Waals surface area contributed by atoms with E-state index in [0.717, 1.165) is 55.5 Å². The maximum Gasteiger partial charge on any atom is 0.258 e. The monoisotopic (exact) mass is 409 g/mol. The quantitative estimate of drug-likeness (QED) is 0.670. The minimum atomic E-state index is -0.179. The van der Waals surface area contributed by atoms with Crippen LogP contribution in [0, 0.1) is 0 Å². The van der Waals surface area contributed by atoms with Crippen LogP contribution in [0.4, 0.5) is 0 Å². The van der Waals surface area contributed by atoms with Crippen LogP contribution in [0.3, 0.4) is 0 Å². The van der Waals surface area contributed by atoms with E-state index in [1.807, 2.05) is 22.9 Å². The van der Waals surface area contributed by atoms with Crippen LogP contribution in [-0.2, 0) is 0 Å². The van der Waals surface area contributed by atoms with Crippen molar-refractivity contribution < 1.29 is 14.4 Å². The first-order valence-electron chi connectivity index (χ1n) is 10.9. The molecule has 0 bridgehead atoms. The van der Waals surface area contributed by atoms with Crippen molar-refractivity contribution in [3.63, 3.8) is 0 Å². The highest BCUT2D eigenvalue weighted by atomic mass is 16.7. The van der Waals surface area contributed by atoms with Crippen LogP contribution in [0.15, 0.2) is 23.0 Å². The average molecular weight is 409 g/mol. The molecule has 2 fully saturated rings. The minimum Gasteiger partial charge on any atom is -0.454 e. The second-order valence-corrected chi connectivity index (χ2v) is 8.56. The van der Waals surface area contributed by atoms with Gasteiger partial charge in [0.1, 0.15) is 0 Å². The lowest BCUT2D eigenvalue weighted by atomic mass is 10.0. The number of fused-ring (bicyclic) bond motifs is 2. The fourth-order valence-corrected chi connectivity index (χ4v) is 5.29. The highest BCUT2D eigenvalue weighted by molar-refractivity contribution is 5.83. The minimum absolute atomic E-state index is 0.0910. The Kier molecular flexibility index (Phi) is 4.22. The van der Waals surface area contributed by atoms with E-state index in [0.29, 0.717) is 23.1 Å². The Morgan fingerprint density at radius 1 is 1.07 bits per heavy atom. The molecule has 4 heterocycles. The van der Waals surface area contributed by atoms with Crippen LogP contribution in [0.25, 0.3) is 10.9 Å². The Morgan fingerprint density at radius 2 is 1.83 bits per heavy atom. The SMILES string of the molecule is O=c1[nH]c2cc3c(cc2cc1[C@@H](c1nnnn1C1CCCC1)[NH+]1CCCC1)OCO3. The molecule has 30 heavy (non-hydrogen) atoms. The Morgan fingerprint density at radius 3 is 2.63 bits per heavy atom. The summed E-state index contributed by atoms with van der Waals surface area (Å²) in [4.78, 5) is 17.7. The number of nitrogens with zero attached hydrogens (tertiary/aromatic N) is 4. The summed E-state index contributed by atoms with van der Waals surface area (Å²) in [6, 6.07) is 5.91. The molecule has 1 aliphatic carbocycles. The first-order chi connectivity index (χ1) is 14.8. The first kappa shape index (κ1) is 17.9. The summed E-state index contributed by atoms with van der Waals surface area (Å²) in [7, 11) is 0. The first-order valence-corrected chi connectivity index (χ1v) is 10.9. The number of likely N-dealkylation sites (tertiary alicyclic amines) is 1. The summed E-state index contributed by atoms with van der Waals surface area (Å²) in [6.45, 7) is 2.24. The summed E-state index contributed by atoms with van der Waals surface area (Å²) in [5, 5.41) is 13.7. The number of pyridine rings is 1. The van der Waals surface area contributed by atoms with E-state index in [4.69, 9.17) is 9.47 Å². The number of aromatic amines is 1. The molecule has 1 saturated heterocycles. The molecule has 0 unspecified atom stereocenters. The Bertz CT molecular complexity index is 1140. The molecule has 0 radical (unpaired) electrons. The highest BCUT2D eigenvalue weighted by Crippen LogP contribution is 2.36. The van der Waals surface area contributed by atoms with Crippen molar-refractivity contribution in [2.24, 2.45) is 0 Å². The zero-order valence-electron chi connectivity index (χ0n) is 16.8. The van der Waals surface area contributed by atoms with Crippen LogP contribution in [0.2, 0.25) is 0 Å². The summed E-state index contributed by atoms with van der Waals surface area (Å²) in [6.07, 6.45) is 6.90. The van der Waals surface area contributed by atoms with Crippen molar-refractivity contribution in [2.75, 3.05) is 19.9 Å². The van der Waals surface area contributed by atoms with E-state index < -0.39 is 0 Å². The average Bonchev–Trinajstić information content (AvgIpc) is 3.54. The van der Waals surface area contributed by atoms with Crippen LogP contribution in [-0.4, -0.2) is 45.1 Å². The number of nitrogens with one attached hydrogen (secondary N) is 2. The van der Waals surface area contributed by atoms with E-state index in [-0.39, 0.29) is 18.4 Å². The molecular formula is C21H25N6O3+. The van der Waals surface area contributed by atoms with Gasteiger partial charge >= 0.3 is 0 Å². The Labute approximate surface area is 173 Å². The van der Waals surface area contributed by atoms with Crippen LogP contribution >= 0.6 is 0 Å². The van der Waals surface area contributed by atoms with Crippen molar-refractivity contribution >= 4 is 10.9 Å². The van der Waals surface area contributed by atoms with E-state index in [2.05, 4.69) is 20.5 Å². The molecule has 156 valence electrons.